The van der Waals surface area contributed by atoms with E-state index in [9.17, 15) is 0 Å². The molecule has 0 bridgehead atoms. The molecule has 0 fully saturated rings. The van der Waals surface area contributed by atoms with Crippen molar-refractivity contribution in [3.63, 3.8) is 0 Å². The molecular weight excluding hydrogens is 623 g/mol. The van der Waals surface area contributed by atoms with Gasteiger partial charge in [0, 0.05) is 62.6 Å². The van der Waals surface area contributed by atoms with Gasteiger partial charge in [-0.05, 0) is 45.7 Å². The largest absolute Gasteiger partial charge is 0.208 e. The Morgan fingerprint density at radius 2 is 1.00 bits per heavy atom. The number of fused-ring (bicyclic) bond motifs is 10. The molecule has 3 heterocycles. The zero-order chi connectivity index (χ0) is 31.3. The number of benzene rings is 7. The number of thiophene rings is 2. The van der Waals surface area contributed by atoms with E-state index in [2.05, 4.69) is 121 Å². The molecule has 5 heteroatoms. The van der Waals surface area contributed by atoms with Crippen LogP contribution in [0.1, 0.15) is 0 Å². The number of aromatic nitrogens is 3. The van der Waals surface area contributed by atoms with E-state index >= 15 is 0 Å². The summed E-state index contributed by atoms with van der Waals surface area (Å²) in [5.41, 5.74) is 8.32. The fourth-order valence-electron chi connectivity index (χ4n) is 7.60. The van der Waals surface area contributed by atoms with Crippen LogP contribution < -0.4 is 0 Å². The Morgan fingerprint density at radius 1 is 0.354 bits per heavy atom. The van der Waals surface area contributed by atoms with Gasteiger partial charge in [-0.3, -0.25) is 0 Å². The average Bonchev–Trinajstić information content (AvgIpc) is 3.83. The summed E-state index contributed by atoms with van der Waals surface area (Å²) in [5.74, 6) is 2.05. The third-order valence-electron chi connectivity index (χ3n) is 9.68. The Balaban J connectivity index is 1.19. The van der Waals surface area contributed by atoms with Crippen LogP contribution >= 0.6 is 22.7 Å². The van der Waals surface area contributed by atoms with Crippen LogP contribution in [-0.2, 0) is 0 Å². The summed E-state index contributed by atoms with van der Waals surface area (Å²) in [6.45, 7) is 0. The zero-order valence-electron chi connectivity index (χ0n) is 25.4. The smallest absolute Gasteiger partial charge is 0.165 e. The third kappa shape index (κ3) is 3.66. The lowest BCUT2D eigenvalue weighted by molar-refractivity contribution is 1.08. The standard InChI is InChI=1S/C43H23N3S2/c1-2-10-25(11-3-1)41-44-42(46-43(45-41)33-19-8-16-29-26-14-4-5-20-34(26)47-39(29)33)32-18-9-21-35-37(32)31-23-22-28-27-15-6-12-24-13-7-17-30(36(24)27)38(28)40(31)48-35/h1-23H. The molecule has 0 radical (unpaired) electrons. The van der Waals surface area contributed by atoms with Gasteiger partial charge in [0.25, 0.3) is 0 Å². The molecule has 0 N–H and O–H groups in total. The highest BCUT2D eigenvalue weighted by atomic mass is 32.1. The number of hydrogen-bond acceptors (Lipinski definition) is 5. The van der Waals surface area contributed by atoms with Crippen LogP contribution in [-0.4, -0.2) is 15.0 Å². The molecular formula is C43H23N3S2. The van der Waals surface area contributed by atoms with E-state index in [4.69, 9.17) is 15.0 Å². The van der Waals surface area contributed by atoms with Crippen LogP contribution in [0.2, 0.25) is 0 Å². The Labute approximate surface area is 283 Å². The second-order valence-corrected chi connectivity index (χ2v) is 14.4. The molecule has 1 aliphatic rings. The molecule has 1 aliphatic carbocycles. The van der Waals surface area contributed by atoms with E-state index in [1.807, 2.05) is 29.5 Å². The number of nitrogens with zero attached hydrogens (tertiary/aromatic N) is 3. The van der Waals surface area contributed by atoms with E-state index in [0.717, 1.165) is 16.7 Å². The summed E-state index contributed by atoms with van der Waals surface area (Å²) in [6, 6.07) is 49.8. The third-order valence-corrected chi connectivity index (χ3v) is 12.1. The first-order chi connectivity index (χ1) is 23.8. The number of hydrogen-bond donors (Lipinski definition) is 0. The molecule has 10 aromatic rings. The summed E-state index contributed by atoms with van der Waals surface area (Å²) < 4.78 is 5.00. The van der Waals surface area contributed by atoms with Crippen molar-refractivity contribution in [2.24, 2.45) is 0 Å². The first-order valence-electron chi connectivity index (χ1n) is 16.0. The van der Waals surface area contributed by atoms with E-state index in [0.29, 0.717) is 17.5 Å². The van der Waals surface area contributed by atoms with Gasteiger partial charge in [0.2, 0.25) is 0 Å². The summed E-state index contributed by atoms with van der Waals surface area (Å²) >= 11 is 3.66. The summed E-state index contributed by atoms with van der Waals surface area (Å²) in [4.78, 5) is 15.6. The summed E-state index contributed by atoms with van der Waals surface area (Å²) in [5, 5.41) is 7.56. The van der Waals surface area contributed by atoms with Crippen LogP contribution in [0, 0.1) is 0 Å². The molecule has 11 rings (SSSR count). The van der Waals surface area contributed by atoms with Crippen LogP contribution in [0.5, 0.6) is 0 Å². The molecule has 0 saturated carbocycles. The fraction of sp³-hybridized carbons (Fsp3) is 0. The Bertz CT molecular complexity index is 2950. The van der Waals surface area contributed by atoms with Gasteiger partial charge in [0.1, 0.15) is 0 Å². The quantitative estimate of drug-likeness (QED) is 0.192. The molecule has 0 spiro atoms. The minimum atomic E-state index is 0.674. The maximum atomic E-state index is 5.28. The first kappa shape index (κ1) is 26.3. The number of rotatable bonds is 3. The molecule has 0 atom stereocenters. The minimum absolute atomic E-state index is 0.674. The van der Waals surface area contributed by atoms with Crippen molar-refractivity contribution in [1.82, 2.24) is 15.0 Å². The maximum absolute atomic E-state index is 5.28. The lowest BCUT2D eigenvalue weighted by Crippen LogP contribution is -2.00. The predicted octanol–water partition coefficient (Wildman–Crippen LogP) is 12.4. The summed E-state index contributed by atoms with van der Waals surface area (Å²) in [6.07, 6.45) is 0. The van der Waals surface area contributed by atoms with Crippen molar-refractivity contribution < 1.29 is 0 Å². The van der Waals surface area contributed by atoms with Crippen molar-refractivity contribution in [2.75, 3.05) is 0 Å². The molecule has 0 aliphatic heterocycles. The van der Waals surface area contributed by atoms with Crippen molar-refractivity contribution in [1.29, 1.82) is 0 Å². The highest BCUT2D eigenvalue weighted by Gasteiger charge is 2.26. The van der Waals surface area contributed by atoms with E-state index in [1.165, 1.54) is 73.4 Å². The monoisotopic (exact) mass is 645 g/mol. The normalized spacial score (nSPS) is 12.2. The molecule has 222 valence electrons. The van der Waals surface area contributed by atoms with Crippen molar-refractivity contribution in [2.45, 2.75) is 0 Å². The highest BCUT2D eigenvalue weighted by Crippen LogP contribution is 2.53. The van der Waals surface area contributed by atoms with E-state index < -0.39 is 0 Å². The van der Waals surface area contributed by atoms with Gasteiger partial charge in [-0.25, -0.2) is 15.0 Å². The van der Waals surface area contributed by atoms with Gasteiger partial charge < -0.3 is 0 Å². The van der Waals surface area contributed by atoms with Gasteiger partial charge >= 0.3 is 0 Å². The van der Waals surface area contributed by atoms with Crippen molar-refractivity contribution in [3.8, 4) is 56.4 Å². The lowest BCUT2D eigenvalue weighted by atomic mass is 9.99. The van der Waals surface area contributed by atoms with Crippen LogP contribution in [0.4, 0.5) is 0 Å². The van der Waals surface area contributed by atoms with E-state index in [-0.39, 0.29) is 0 Å². The maximum Gasteiger partial charge on any atom is 0.165 e. The minimum Gasteiger partial charge on any atom is -0.208 e. The van der Waals surface area contributed by atoms with Crippen LogP contribution in [0.25, 0.3) is 108 Å². The first-order valence-corrected chi connectivity index (χ1v) is 17.7. The molecule has 7 aromatic carbocycles. The molecule has 3 nitrogen and oxygen atoms in total. The Hall–Kier alpha value is -5.75. The Morgan fingerprint density at radius 3 is 1.90 bits per heavy atom. The van der Waals surface area contributed by atoms with E-state index in [1.54, 1.807) is 11.3 Å². The molecule has 0 amide bonds. The zero-order valence-corrected chi connectivity index (χ0v) is 27.1. The van der Waals surface area contributed by atoms with Gasteiger partial charge in [-0.15, -0.1) is 22.7 Å². The Kier molecular flexibility index (Phi) is 5.42. The molecule has 0 saturated heterocycles. The van der Waals surface area contributed by atoms with Crippen molar-refractivity contribution >= 4 is 73.8 Å². The fourth-order valence-corrected chi connectivity index (χ4v) is 10.1. The lowest BCUT2D eigenvalue weighted by Gasteiger charge is -2.10. The second kappa shape index (κ2) is 9.88. The molecule has 0 unspecified atom stereocenters. The van der Waals surface area contributed by atoms with Crippen LogP contribution in [0.3, 0.4) is 0 Å². The molecule has 3 aromatic heterocycles. The predicted molar refractivity (Wildman–Crippen MR) is 204 cm³/mol. The van der Waals surface area contributed by atoms with Gasteiger partial charge in [-0.1, -0.05) is 121 Å². The highest BCUT2D eigenvalue weighted by molar-refractivity contribution is 7.26. The summed E-state index contributed by atoms with van der Waals surface area (Å²) in [7, 11) is 0. The second-order valence-electron chi connectivity index (χ2n) is 12.3. The molecule has 48 heavy (non-hydrogen) atoms. The van der Waals surface area contributed by atoms with Gasteiger partial charge in [0.05, 0.1) is 0 Å². The van der Waals surface area contributed by atoms with Gasteiger partial charge in [0.15, 0.2) is 17.5 Å². The average molecular weight is 646 g/mol. The van der Waals surface area contributed by atoms with Crippen molar-refractivity contribution in [3.05, 3.63) is 140 Å². The van der Waals surface area contributed by atoms with Crippen LogP contribution in [0.15, 0.2) is 140 Å². The SMILES string of the molecule is c1ccc(-c2nc(-c3cccc4c3sc3ccccc34)nc(-c3cccc4sc5c6c(ccc5c34)-c3cccc4cccc-6c34)n2)cc1. The topological polar surface area (TPSA) is 38.7 Å². The van der Waals surface area contributed by atoms with Gasteiger partial charge in [-0.2, -0.15) is 0 Å².